The number of carbonyl (C=O) groups is 1. The molecule has 1 saturated heterocycles. The molecule has 1 aliphatic heterocycles. The predicted molar refractivity (Wildman–Crippen MR) is 155 cm³/mol. The second-order valence-electron chi connectivity index (χ2n) is 9.98. The monoisotopic (exact) mass is 525 g/mol. The molecule has 0 aliphatic carbocycles. The van der Waals surface area contributed by atoms with Gasteiger partial charge in [0.15, 0.2) is 4.34 Å². The van der Waals surface area contributed by atoms with Gasteiger partial charge in [-0.15, -0.1) is 11.3 Å². The SMILES string of the molecule is CC(C)c1cccc(C(C)C)c1NC(=O)NCCN1CCN(CCSc2nc3ccccc3s2)CC1. The number of hydrogen-bond acceptors (Lipinski definition) is 6. The van der Waals surface area contributed by atoms with Crippen molar-refractivity contribution in [3.8, 4) is 0 Å². The van der Waals surface area contributed by atoms with Crippen LogP contribution in [0.4, 0.5) is 10.5 Å². The molecule has 0 radical (unpaired) electrons. The summed E-state index contributed by atoms with van der Waals surface area (Å²) < 4.78 is 2.43. The van der Waals surface area contributed by atoms with E-state index in [9.17, 15) is 4.79 Å². The van der Waals surface area contributed by atoms with Gasteiger partial charge in [-0.1, -0.05) is 69.8 Å². The Hall–Kier alpha value is -2.13. The van der Waals surface area contributed by atoms with Gasteiger partial charge in [-0.3, -0.25) is 9.80 Å². The molecule has 0 saturated carbocycles. The molecule has 1 aliphatic rings. The number of hydrogen-bond donors (Lipinski definition) is 2. The first-order valence-electron chi connectivity index (χ1n) is 13.0. The lowest BCUT2D eigenvalue weighted by Gasteiger charge is -2.34. The molecule has 2 aromatic carbocycles. The molecule has 4 rings (SSSR count). The number of thioether (sulfide) groups is 1. The third kappa shape index (κ3) is 7.22. The first-order valence-corrected chi connectivity index (χ1v) is 14.8. The van der Waals surface area contributed by atoms with Crippen LogP contribution in [0.5, 0.6) is 0 Å². The molecular weight excluding hydrogens is 486 g/mol. The minimum absolute atomic E-state index is 0.115. The molecular formula is C28H39N5OS2. The fourth-order valence-electron chi connectivity index (χ4n) is 4.59. The first-order chi connectivity index (χ1) is 17.4. The third-order valence-corrected chi connectivity index (χ3v) is 8.86. The lowest BCUT2D eigenvalue weighted by atomic mass is 9.93. The van der Waals surface area contributed by atoms with Crippen molar-refractivity contribution >= 4 is 45.0 Å². The zero-order valence-electron chi connectivity index (χ0n) is 21.9. The summed E-state index contributed by atoms with van der Waals surface area (Å²) in [6.45, 7) is 15.5. The Morgan fingerprint density at radius 3 is 2.22 bits per heavy atom. The Labute approximate surface area is 223 Å². The lowest BCUT2D eigenvalue weighted by molar-refractivity contribution is 0.139. The maximum atomic E-state index is 12.7. The van der Waals surface area contributed by atoms with E-state index in [1.807, 2.05) is 17.8 Å². The summed E-state index contributed by atoms with van der Waals surface area (Å²) in [6, 6.07) is 14.6. The molecule has 2 amide bonds. The van der Waals surface area contributed by atoms with Gasteiger partial charge in [-0.05, 0) is 35.1 Å². The number of thiazole rings is 1. The Bertz CT molecular complexity index is 1080. The number of fused-ring (bicyclic) bond motifs is 1. The molecule has 8 heteroatoms. The van der Waals surface area contributed by atoms with Crippen molar-refractivity contribution < 1.29 is 4.79 Å². The number of urea groups is 1. The largest absolute Gasteiger partial charge is 0.337 e. The number of amides is 2. The van der Waals surface area contributed by atoms with Gasteiger partial charge in [0, 0.05) is 57.3 Å². The highest BCUT2D eigenvalue weighted by Crippen LogP contribution is 2.32. The van der Waals surface area contributed by atoms with Crippen LogP contribution in [0, 0.1) is 0 Å². The van der Waals surface area contributed by atoms with Crippen LogP contribution in [0.15, 0.2) is 46.8 Å². The number of nitrogens with zero attached hydrogens (tertiary/aromatic N) is 3. The molecule has 194 valence electrons. The van der Waals surface area contributed by atoms with Gasteiger partial charge in [0.05, 0.1) is 10.2 Å². The van der Waals surface area contributed by atoms with E-state index in [2.05, 4.69) is 84.5 Å². The predicted octanol–water partition coefficient (Wildman–Crippen LogP) is 6.07. The van der Waals surface area contributed by atoms with Gasteiger partial charge in [0.1, 0.15) is 0 Å². The van der Waals surface area contributed by atoms with E-state index >= 15 is 0 Å². The summed E-state index contributed by atoms with van der Waals surface area (Å²) >= 11 is 3.65. The fraction of sp³-hybridized carbons (Fsp3) is 0.500. The van der Waals surface area contributed by atoms with Crippen molar-refractivity contribution in [1.29, 1.82) is 0 Å². The van der Waals surface area contributed by atoms with Crippen molar-refractivity contribution in [2.75, 3.05) is 56.9 Å². The van der Waals surface area contributed by atoms with Crippen LogP contribution >= 0.6 is 23.1 Å². The average molecular weight is 526 g/mol. The van der Waals surface area contributed by atoms with Crippen molar-refractivity contribution in [2.24, 2.45) is 0 Å². The fourth-order valence-corrected chi connectivity index (χ4v) is 6.73. The van der Waals surface area contributed by atoms with Crippen LogP contribution in [0.25, 0.3) is 10.2 Å². The van der Waals surface area contributed by atoms with Gasteiger partial charge in [-0.2, -0.15) is 0 Å². The highest BCUT2D eigenvalue weighted by atomic mass is 32.2. The van der Waals surface area contributed by atoms with Gasteiger partial charge in [0.2, 0.25) is 0 Å². The quantitative estimate of drug-likeness (QED) is 0.315. The van der Waals surface area contributed by atoms with E-state index in [4.69, 9.17) is 4.98 Å². The Morgan fingerprint density at radius 2 is 1.58 bits per heavy atom. The summed E-state index contributed by atoms with van der Waals surface area (Å²) in [4.78, 5) is 22.4. The summed E-state index contributed by atoms with van der Waals surface area (Å²) in [6.07, 6.45) is 0. The molecule has 1 aromatic heterocycles. The van der Waals surface area contributed by atoms with Gasteiger partial charge >= 0.3 is 6.03 Å². The van der Waals surface area contributed by atoms with E-state index in [0.717, 1.165) is 60.6 Å². The van der Waals surface area contributed by atoms with Crippen molar-refractivity contribution in [2.45, 2.75) is 43.9 Å². The second kappa shape index (κ2) is 12.9. The number of carbonyl (C=O) groups excluding carboxylic acids is 1. The topological polar surface area (TPSA) is 60.5 Å². The molecule has 2 heterocycles. The molecule has 0 spiro atoms. The average Bonchev–Trinajstić information content (AvgIpc) is 3.27. The number of rotatable bonds is 10. The highest BCUT2D eigenvalue weighted by Gasteiger charge is 2.18. The Balaban J connectivity index is 1.15. The van der Waals surface area contributed by atoms with Crippen LogP contribution in [-0.4, -0.2) is 72.4 Å². The van der Waals surface area contributed by atoms with E-state index in [0.29, 0.717) is 18.4 Å². The lowest BCUT2D eigenvalue weighted by Crippen LogP contribution is -2.49. The molecule has 6 nitrogen and oxygen atoms in total. The summed E-state index contributed by atoms with van der Waals surface area (Å²) in [5, 5.41) is 6.22. The van der Waals surface area contributed by atoms with Crippen molar-refractivity contribution in [3.63, 3.8) is 0 Å². The maximum Gasteiger partial charge on any atom is 0.319 e. The maximum absolute atomic E-state index is 12.7. The van der Waals surface area contributed by atoms with E-state index in [1.165, 1.54) is 15.8 Å². The van der Waals surface area contributed by atoms with E-state index < -0.39 is 0 Å². The zero-order valence-corrected chi connectivity index (χ0v) is 23.6. The molecule has 1 fully saturated rings. The van der Waals surface area contributed by atoms with Crippen LogP contribution in [-0.2, 0) is 0 Å². The first kappa shape index (κ1) is 26.9. The number of piperazine rings is 1. The molecule has 36 heavy (non-hydrogen) atoms. The minimum Gasteiger partial charge on any atom is -0.337 e. The number of anilines is 1. The second-order valence-corrected chi connectivity index (χ2v) is 12.4. The highest BCUT2D eigenvalue weighted by molar-refractivity contribution is 8.01. The molecule has 3 aromatic rings. The third-order valence-electron chi connectivity index (χ3n) is 6.70. The molecule has 0 bridgehead atoms. The smallest absolute Gasteiger partial charge is 0.319 e. The summed E-state index contributed by atoms with van der Waals surface area (Å²) in [7, 11) is 0. The number of aromatic nitrogens is 1. The van der Waals surface area contributed by atoms with E-state index in [-0.39, 0.29) is 6.03 Å². The molecule has 2 N–H and O–H groups in total. The summed E-state index contributed by atoms with van der Waals surface area (Å²) in [5.41, 5.74) is 4.45. The van der Waals surface area contributed by atoms with Gasteiger partial charge in [0.25, 0.3) is 0 Å². The number of para-hydroxylation sites is 2. The van der Waals surface area contributed by atoms with Gasteiger partial charge < -0.3 is 10.6 Å². The Morgan fingerprint density at radius 1 is 0.944 bits per heavy atom. The zero-order chi connectivity index (χ0) is 25.5. The Kier molecular flexibility index (Phi) is 9.65. The molecule has 0 unspecified atom stereocenters. The van der Waals surface area contributed by atoms with Crippen molar-refractivity contribution in [1.82, 2.24) is 20.1 Å². The normalized spacial score (nSPS) is 15.2. The van der Waals surface area contributed by atoms with E-state index in [1.54, 1.807) is 11.3 Å². The van der Waals surface area contributed by atoms with Gasteiger partial charge in [-0.25, -0.2) is 9.78 Å². The van der Waals surface area contributed by atoms with Crippen LogP contribution in [0.2, 0.25) is 0 Å². The molecule has 0 atom stereocenters. The minimum atomic E-state index is -0.115. The number of benzene rings is 2. The van der Waals surface area contributed by atoms with Crippen LogP contribution in [0.3, 0.4) is 0 Å². The standard InChI is InChI=1S/C28H39N5OS2/c1-20(2)22-8-7-9-23(21(3)4)26(22)31-27(34)29-12-13-32-14-16-33(17-15-32)18-19-35-28-30-24-10-5-6-11-25(24)36-28/h5-11,20-21H,12-19H2,1-4H3,(H2,29,31,34). The van der Waals surface area contributed by atoms with Crippen LogP contribution < -0.4 is 10.6 Å². The van der Waals surface area contributed by atoms with Crippen LogP contribution in [0.1, 0.15) is 50.7 Å². The summed E-state index contributed by atoms with van der Waals surface area (Å²) in [5.74, 6) is 1.78. The van der Waals surface area contributed by atoms with Crippen molar-refractivity contribution in [3.05, 3.63) is 53.6 Å². The number of nitrogens with one attached hydrogen (secondary N) is 2.